The molecular weight excluding hydrogens is 592 g/mol. The molecule has 0 saturated carbocycles. The molecule has 2 aromatic carbocycles. The normalized spacial score (nSPS) is 16.0. The van der Waals surface area contributed by atoms with Gasteiger partial charge in [0, 0.05) is 22.6 Å². The molecule has 0 radical (unpaired) electrons. The van der Waals surface area contributed by atoms with E-state index in [0.717, 1.165) is 37.1 Å². The maximum absolute atomic E-state index is 16.3. The number of halogens is 3. The Hall–Kier alpha value is -2.80. The summed E-state index contributed by atoms with van der Waals surface area (Å²) in [7, 11) is 2.10. The van der Waals surface area contributed by atoms with Crippen molar-refractivity contribution in [3.63, 3.8) is 0 Å². The molecule has 1 aliphatic heterocycles. The van der Waals surface area contributed by atoms with Gasteiger partial charge in [-0.05, 0) is 78.1 Å². The summed E-state index contributed by atoms with van der Waals surface area (Å²) >= 11 is 8.88. The van der Waals surface area contributed by atoms with Gasteiger partial charge >= 0.3 is 12.1 Å². The molecule has 4 aromatic rings. The van der Waals surface area contributed by atoms with Crippen LogP contribution in [0.15, 0.2) is 23.2 Å². The number of amides is 1. The van der Waals surface area contributed by atoms with Crippen LogP contribution in [0.3, 0.4) is 0 Å². The van der Waals surface area contributed by atoms with E-state index in [9.17, 15) is 9.18 Å². The Morgan fingerprint density at radius 1 is 1.24 bits per heavy atom. The SMILES string of the molecule is CSc1nc(OCCC2CCCN2C)nc2c(F)c(-c3ccc(F)c4sc(NC(=O)OC(C)(C)C)nc34)c(Cl)cc12. The molecule has 1 atom stereocenters. The van der Waals surface area contributed by atoms with Crippen LogP contribution in [0.1, 0.15) is 40.0 Å². The number of hydrogen-bond donors (Lipinski definition) is 1. The van der Waals surface area contributed by atoms with Gasteiger partial charge in [0.15, 0.2) is 10.9 Å². The molecule has 1 saturated heterocycles. The summed E-state index contributed by atoms with van der Waals surface area (Å²) in [6, 6.07) is 4.74. The minimum absolute atomic E-state index is 0.0163. The quantitative estimate of drug-likeness (QED) is 0.165. The number of ether oxygens (including phenoxy) is 2. The molecule has 1 aliphatic rings. The Kier molecular flexibility index (Phi) is 8.56. The number of benzene rings is 2. The lowest BCUT2D eigenvalue weighted by Crippen LogP contribution is -2.27. The van der Waals surface area contributed by atoms with Crippen molar-refractivity contribution in [2.45, 2.75) is 56.7 Å². The summed E-state index contributed by atoms with van der Waals surface area (Å²) in [4.78, 5) is 27.9. The number of fused-ring (bicyclic) bond motifs is 2. The predicted molar refractivity (Wildman–Crippen MR) is 160 cm³/mol. The minimum atomic E-state index is -0.734. The molecule has 1 unspecified atom stereocenters. The van der Waals surface area contributed by atoms with Crippen molar-refractivity contribution in [3.8, 4) is 17.1 Å². The molecule has 5 rings (SSSR count). The molecule has 218 valence electrons. The average molecular weight is 622 g/mol. The number of nitrogens with one attached hydrogen (secondary N) is 1. The van der Waals surface area contributed by atoms with E-state index in [2.05, 4.69) is 32.2 Å². The first-order valence-electron chi connectivity index (χ1n) is 13.1. The van der Waals surface area contributed by atoms with Crippen LogP contribution in [0.5, 0.6) is 6.01 Å². The van der Waals surface area contributed by atoms with Gasteiger partial charge < -0.3 is 14.4 Å². The fourth-order valence-electron chi connectivity index (χ4n) is 4.87. The molecule has 3 heterocycles. The lowest BCUT2D eigenvalue weighted by molar-refractivity contribution is 0.0636. The zero-order valence-corrected chi connectivity index (χ0v) is 25.7. The van der Waals surface area contributed by atoms with Crippen LogP contribution in [0.2, 0.25) is 5.02 Å². The number of carbonyl (C=O) groups is 1. The molecule has 1 amide bonds. The number of thiazole rings is 1. The molecule has 1 fully saturated rings. The third-order valence-corrected chi connectivity index (χ3v) is 8.72. The van der Waals surface area contributed by atoms with Crippen molar-refractivity contribution < 1.29 is 23.0 Å². The first-order chi connectivity index (χ1) is 19.4. The van der Waals surface area contributed by atoms with E-state index in [0.29, 0.717) is 23.1 Å². The first-order valence-corrected chi connectivity index (χ1v) is 15.5. The molecule has 0 bridgehead atoms. The third kappa shape index (κ3) is 6.35. The van der Waals surface area contributed by atoms with Crippen LogP contribution in [0.4, 0.5) is 18.7 Å². The summed E-state index contributed by atoms with van der Waals surface area (Å²) in [5.74, 6) is -1.26. The van der Waals surface area contributed by atoms with Gasteiger partial charge in [-0.2, -0.15) is 9.97 Å². The van der Waals surface area contributed by atoms with Crippen molar-refractivity contribution in [2.24, 2.45) is 0 Å². The van der Waals surface area contributed by atoms with Gasteiger partial charge in [0.2, 0.25) is 0 Å². The Labute approximate surface area is 249 Å². The second-order valence-corrected chi connectivity index (χ2v) is 13.0. The van der Waals surface area contributed by atoms with Crippen molar-refractivity contribution in [1.82, 2.24) is 19.9 Å². The zero-order valence-electron chi connectivity index (χ0n) is 23.3. The predicted octanol–water partition coefficient (Wildman–Crippen LogP) is 7.77. The molecule has 0 spiro atoms. The van der Waals surface area contributed by atoms with Gasteiger partial charge in [0.1, 0.15) is 22.0 Å². The highest BCUT2D eigenvalue weighted by Crippen LogP contribution is 2.42. The van der Waals surface area contributed by atoms with E-state index in [1.165, 1.54) is 23.9 Å². The lowest BCUT2D eigenvalue weighted by Gasteiger charge is -2.19. The molecule has 2 aromatic heterocycles. The highest BCUT2D eigenvalue weighted by molar-refractivity contribution is 7.98. The van der Waals surface area contributed by atoms with E-state index in [1.54, 1.807) is 26.8 Å². The largest absolute Gasteiger partial charge is 0.463 e. The van der Waals surface area contributed by atoms with Crippen LogP contribution >= 0.6 is 34.7 Å². The topological polar surface area (TPSA) is 89.5 Å². The van der Waals surface area contributed by atoms with Gasteiger partial charge in [0.25, 0.3) is 0 Å². The number of rotatable bonds is 7. The van der Waals surface area contributed by atoms with E-state index >= 15 is 4.39 Å². The Morgan fingerprint density at radius 3 is 2.71 bits per heavy atom. The number of carbonyl (C=O) groups excluding carboxylic acids is 1. The monoisotopic (exact) mass is 621 g/mol. The van der Waals surface area contributed by atoms with Gasteiger partial charge in [-0.3, -0.25) is 5.32 Å². The molecule has 1 N–H and O–H groups in total. The number of likely N-dealkylation sites (tertiary alicyclic amines) is 1. The second kappa shape index (κ2) is 11.8. The number of nitrogens with zero attached hydrogens (tertiary/aromatic N) is 4. The fourth-order valence-corrected chi connectivity index (χ4v) is 6.59. The summed E-state index contributed by atoms with van der Waals surface area (Å²) in [6.07, 6.45) is 4.19. The average Bonchev–Trinajstić information content (AvgIpc) is 3.50. The van der Waals surface area contributed by atoms with E-state index < -0.39 is 23.3 Å². The third-order valence-electron chi connectivity index (χ3n) is 6.75. The first kappa shape index (κ1) is 29.7. The standard InChI is InChI=1S/C28H30ClF2N5O3S2/c1-28(2,3)39-27(37)35-26-33-22-15(8-9-18(30)23(22)41-26)19-17(29)13-16-21(20(19)31)32-25(34-24(16)40-5)38-12-10-14-7-6-11-36(14)4/h8-9,13-14H,6-7,10-12H2,1-5H3,(H,33,35,37). The van der Waals surface area contributed by atoms with Crippen molar-refractivity contribution in [2.75, 3.05) is 31.8 Å². The van der Waals surface area contributed by atoms with Gasteiger partial charge in [0.05, 0.1) is 21.8 Å². The maximum atomic E-state index is 16.3. The molecule has 13 heteroatoms. The van der Waals surface area contributed by atoms with Crippen LogP contribution in [-0.4, -0.2) is 64.0 Å². The van der Waals surface area contributed by atoms with Crippen molar-refractivity contribution in [1.29, 1.82) is 0 Å². The fraction of sp³-hybridized carbons (Fsp3) is 0.429. The number of aromatic nitrogens is 3. The smallest absolute Gasteiger partial charge is 0.413 e. The Balaban J connectivity index is 1.53. The van der Waals surface area contributed by atoms with Crippen molar-refractivity contribution in [3.05, 3.63) is 34.9 Å². The molecular formula is C28H30ClF2N5O3S2. The van der Waals surface area contributed by atoms with Crippen LogP contribution in [0, 0.1) is 11.6 Å². The number of anilines is 1. The minimum Gasteiger partial charge on any atom is -0.463 e. The molecule has 41 heavy (non-hydrogen) atoms. The number of hydrogen-bond acceptors (Lipinski definition) is 9. The van der Waals surface area contributed by atoms with Crippen LogP contribution in [0.25, 0.3) is 32.2 Å². The highest BCUT2D eigenvalue weighted by atomic mass is 35.5. The maximum Gasteiger partial charge on any atom is 0.413 e. The van der Waals surface area contributed by atoms with Crippen molar-refractivity contribution >= 4 is 67.0 Å². The Morgan fingerprint density at radius 2 is 2.02 bits per heavy atom. The second-order valence-electron chi connectivity index (χ2n) is 10.8. The highest BCUT2D eigenvalue weighted by Gasteiger charge is 2.25. The lowest BCUT2D eigenvalue weighted by atomic mass is 10.0. The van der Waals surface area contributed by atoms with Crippen LogP contribution in [-0.2, 0) is 4.74 Å². The summed E-state index contributed by atoms with van der Waals surface area (Å²) in [5, 5.41) is 3.69. The molecule has 8 nitrogen and oxygen atoms in total. The van der Waals surface area contributed by atoms with Crippen LogP contribution < -0.4 is 10.1 Å². The van der Waals surface area contributed by atoms with E-state index in [1.807, 2.05) is 6.26 Å². The van der Waals surface area contributed by atoms with Gasteiger partial charge in [-0.15, -0.1) is 11.8 Å². The Bertz CT molecular complexity index is 1630. The summed E-state index contributed by atoms with van der Waals surface area (Å²) < 4.78 is 42.4. The number of thioether (sulfide) groups is 1. The molecule has 0 aliphatic carbocycles. The van der Waals surface area contributed by atoms with Gasteiger partial charge in [-0.25, -0.2) is 18.6 Å². The van der Waals surface area contributed by atoms with Gasteiger partial charge in [-0.1, -0.05) is 22.9 Å². The summed E-state index contributed by atoms with van der Waals surface area (Å²) in [6.45, 7) is 6.65. The zero-order chi connectivity index (χ0) is 29.5. The summed E-state index contributed by atoms with van der Waals surface area (Å²) in [5.41, 5.74) is -0.266. The van der Waals surface area contributed by atoms with E-state index in [-0.39, 0.29) is 43.0 Å². The van der Waals surface area contributed by atoms with E-state index in [4.69, 9.17) is 21.1 Å².